The lowest BCUT2D eigenvalue weighted by Gasteiger charge is -2.28. The number of rotatable bonds is 4. The molecule has 1 aliphatic rings. The second-order valence-electron chi connectivity index (χ2n) is 7.65. The number of fused-ring (bicyclic) bond motifs is 3. The zero-order valence-electron chi connectivity index (χ0n) is 16.8. The van der Waals surface area contributed by atoms with E-state index < -0.39 is 45.7 Å². The Hall–Kier alpha value is -2.42. The zero-order valence-corrected chi connectivity index (χ0v) is 16.8. The molecule has 0 spiro atoms. The predicted octanol–water partition coefficient (Wildman–Crippen LogP) is 7.09. The van der Waals surface area contributed by atoms with Crippen LogP contribution in [0.4, 0.5) is 26.3 Å². The minimum absolute atomic E-state index is 0.0472. The number of furan rings is 1. The van der Waals surface area contributed by atoms with E-state index in [1.807, 2.05) is 0 Å². The second kappa shape index (κ2) is 7.93. The molecule has 0 radical (unpaired) electrons. The van der Waals surface area contributed by atoms with Gasteiger partial charge in [0.05, 0.1) is 23.5 Å². The molecule has 0 N–H and O–H groups in total. The van der Waals surface area contributed by atoms with Crippen LogP contribution in [0, 0.1) is 17.5 Å². The first-order valence-corrected chi connectivity index (χ1v) is 9.96. The Morgan fingerprint density at radius 2 is 1.55 bits per heavy atom. The van der Waals surface area contributed by atoms with Crippen molar-refractivity contribution in [3.8, 4) is 5.75 Å². The van der Waals surface area contributed by atoms with Crippen molar-refractivity contribution in [1.29, 1.82) is 0 Å². The molecule has 0 aliphatic heterocycles. The van der Waals surface area contributed by atoms with Crippen LogP contribution in [-0.4, -0.2) is 19.8 Å². The maximum Gasteiger partial charge on any atom is 0.422 e. The molecule has 31 heavy (non-hydrogen) atoms. The average molecular weight is 446 g/mol. The van der Waals surface area contributed by atoms with Crippen LogP contribution in [0.15, 0.2) is 16.5 Å². The number of ether oxygens (including phenoxy) is 2. The van der Waals surface area contributed by atoms with Crippen molar-refractivity contribution in [1.82, 2.24) is 0 Å². The molecule has 4 rings (SSSR count). The van der Waals surface area contributed by atoms with E-state index in [9.17, 15) is 22.0 Å². The maximum atomic E-state index is 15.0. The molecule has 0 saturated heterocycles. The van der Waals surface area contributed by atoms with Crippen molar-refractivity contribution in [2.45, 2.75) is 50.8 Å². The van der Waals surface area contributed by atoms with Crippen LogP contribution >= 0.6 is 0 Å². The number of methoxy groups -OCH3 is 1. The molecule has 0 atom stereocenters. The molecular weight excluding hydrogens is 426 g/mol. The number of alkyl halides is 3. The summed E-state index contributed by atoms with van der Waals surface area (Å²) in [4.78, 5) is 0. The monoisotopic (exact) mass is 446 g/mol. The molecule has 3 nitrogen and oxygen atoms in total. The topological polar surface area (TPSA) is 31.6 Å². The number of hydrogen-bond acceptors (Lipinski definition) is 3. The number of benzene rings is 2. The summed E-state index contributed by atoms with van der Waals surface area (Å²) in [6, 6.07) is 2.13. The van der Waals surface area contributed by atoms with Crippen LogP contribution in [0.1, 0.15) is 49.7 Å². The van der Waals surface area contributed by atoms with Gasteiger partial charge in [-0.15, -0.1) is 0 Å². The van der Waals surface area contributed by atoms with Gasteiger partial charge in [-0.25, -0.2) is 13.2 Å². The molecule has 2 aromatic carbocycles. The lowest BCUT2D eigenvalue weighted by Crippen LogP contribution is -2.20. The molecule has 1 heterocycles. The van der Waals surface area contributed by atoms with Crippen molar-refractivity contribution >= 4 is 21.9 Å². The van der Waals surface area contributed by atoms with Gasteiger partial charge in [0.15, 0.2) is 17.5 Å². The van der Waals surface area contributed by atoms with Crippen LogP contribution in [0.3, 0.4) is 0 Å². The Balaban J connectivity index is 1.93. The molecule has 1 fully saturated rings. The summed E-state index contributed by atoms with van der Waals surface area (Å²) in [6.07, 6.45) is -2.60. The van der Waals surface area contributed by atoms with E-state index in [1.165, 1.54) is 13.0 Å². The largest absolute Gasteiger partial charge is 0.493 e. The predicted molar refractivity (Wildman–Crippen MR) is 102 cm³/mol. The van der Waals surface area contributed by atoms with Crippen LogP contribution in [-0.2, 0) is 10.9 Å². The van der Waals surface area contributed by atoms with E-state index in [-0.39, 0.29) is 35.4 Å². The second-order valence-corrected chi connectivity index (χ2v) is 7.65. The fourth-order valence-electron chi connectivity index (χ4n) is 4.41. The Labute approximate surface area is 173 Å². The van der Waals surface area contributed by atoms with E-state index >= 15 is 4.39 Å². The van der Waals surface area contributed by atoms with Crippen LogP contribution in [0.2, 0.25) is 0 Å². The first kappa shape index (κ1) is 21.8. The van der Waals surface area contributed by atoms with Crippen molar-refractivity contribution in [2.75, 3.05) is 13.7 Å². The Kier molecular flexibility index (Phi) is 5.57. The molecule has 9 heteroatoms. The highest BCUT2D eigenvalue weighted by Gasteiger charge is 2.40. The van der Waals surface area contributed by atoms with Gasteiger partial charge in [0.2, 0.25) is 0 Å². The Bertz CT molecular complexity index is 1130. The van der Waals surface area contributed by atoms with Crippen molar-refractivity contribution in [3.63, 3.8) is 0 Å². The fourth-order valence-corrected chi connectivity index (χ4v) is 4.41. The molecule has 0 unspecified atom stereocenters. The third-order valence-electron chi connectivity index (χ3n) is 5.89. The zero-order chi connectivity index (χ0) is 22.5. The Morgan fingerprint density at radius 3 is 2.13 bits per heavy atom. The normalized spacial score (nSPS) is 20.0. The number of halogens is 6. The highest BCUT2D eigenvalue weighted by Crippen LogP contribution is 2.46. The van der Waals surface area contributed by atoms with E-state index in [0.29, 0.717) is 25.7 Å². The summed E-state index contributed by atoms with van der Waals surface area (Å²) in [5.41, 5.74) is -2.16. The maximum absolute atomic E-state index is 15.0. The third kappa shape index (κ3) is 3.62. The molecule has 0 amide bonds. The van der Waals surface area contributed by atoms with E-state index in [4.69, 9.17) is 13.9 Å². The molecule has 3 aromatic rings. The average Bonchev–Trinajstić information content (AvgIpc) is 3.09. The van der Waals surface area contributed by atoms with Crippen molar-refractivity contribution < 1.29 is 40.2 Å². The minimum atomic E-state index is -5.10. The first-order valence-electron chi connectivity index (χ1n) is 9.96. The number of hydrogen-bond donors (Lipinski definition) is 0. The molecule has 168 valence electrons. The Morgan fingerprint density at radius 1 is 0.935 bits per heavy atom. The minimum Gasteiger partial charge on any atom is -0.493 e. The van der Waals surface area contributed by atoms with Crippen LogP contribution in [0.5, 0.6) is 5.75 Å². The van der Waals surface area contributed by atoms with Gasteiger partial charge in [-0.05, 0) is 50.2 Å². The molecular formula is C22H20F6O3. The fraction of sp³-hybridized carbons (Fsp3) is 0.455. The third-order valence-corrected chi connectivity index (χ3v) is 5.89. The smallest absolute Gasteiger partial charge is 0.422 e. The van der Waals surface area contributed by atoms with Gasteiger partial charge < -0.3 is 13.9 Å². The quantitative estimate of drug-likeness (QED) is 0.401. The van der Waals surface area contributed by atoms with Gasteiger partial charge in [-0.2, -0.15) is 13.2 Å². The molecule has 1 aliphatic carbocycles. The first-order chi connectivity index (χ1) is 14.7. The summed E-state index contributed by atoms with van der Waals surface area (Å²) in [7, 11) is 1.59. The standard InChI is InChI=1S/C22H20F6O3/c1-3-30-15-9-14-16(20(24)18(15)22(26,27)28)17-13(31-14)8-12(19(23)21(17)25)10-4-6-11(29-2)7-5-10/h8-11H,3-7H2,1-2H3. The van der Waals surface area contributed by atoms with Crippen molar-refractivity contribution in [3.05, 3.63) is 40.7 Å². The highest BCUT2D eigenvalue weighted by molar-refractivity contribution is 6.06. The van der Waals surface area contributed by atoms with Crippen LogP contribution < -0.4 is 4.74 Å². The molecule has 1 saturated carbocycles. The summed E-state index contributed by atoms with van der Waals surface area (Å²) in [5.74, 6) is -5.43. The lowest BCUT2D eigenvalue weighted by molar-refractivity contribution is -0.141. The summed E-state index contributed by atoms with van der Waals surface area (Å²) < 4.78 is 101. The molecule has 1 aromatic heterocycles. The van der Waals surface area contributed by atoms with E-state index in [0.717, 1.165) is 6.07 Å². The molecule has 0 bridgehead atoms. The summed E-state index contributed by atoms with van der Waals surface area (Å²) in [5, 5.41) is -1.40. The SMILES string of the molecule is CCOc1cc2oc3cc(C4CCC(OC)CC4)c(F)c(F)c3c2c(F)c1C(F)(F)F. The van der Waals surface area contributed by atoms with Gasteiger partial charge >= 0.3 is 6.18 Å². The van der Waals surface area contributed by atoms with Gasteiger partial charge in [-0.1, -0.05) is 0 Å². The van der Waals surface area contributed by atoms with E-state index in [1.54, 1.807) is 7.11 Å². The van der Waals surface area contributed by atoms with Gasteiger partial charge in [0.1, 0.15) is 22.5 Å². The van der Waals surface area contributed by atoms with Crippen LogP contribution in [0.25, 0.3) is 21.9 Å². The highest BCUT2D eigenvalue weighted by atomic mass is 19.4. The van der Waals surface area contributed by atoms with Gasteiger partial charge in [0.25, 0.3) is 0 Å². The van der Waals surface area contributed by atoms with Gasteiger partial charge in [-0.3, -0.25) is 0 Å². The van der Waals surface area contributed by atoms with Crippen molar-refractivity contribution in [2.24, 2.45) is 0 Å². The summed E-state index contributed by atoms with van der Waals surface area (Å²) >= 11 is 0. The lowest BCUT2D eigenvalue weighted by atomic mass is 9.82. The van der Waals surface area contributed by atoms with E-state index in [2.05, 4.69) is 0 Å². The summed E-state index contributed by atoms with van der Waals surface area (Å²) in [6.45, 7) is 1.30. The van der Waals surface area contributed by atoms with Gasteiger partial charge in [0, 0.05) is 13.2 Å².